The van der Waals surface area contributed by atoms with Crippen LogP contribution in [0.4, 0.5) is 5.69 Å². The number of aromatic nitrogens is 2. The van der Waals surface area contributed by atoms with E-state index >= 15 is 0 Å². The van der Waals surface area contributed by atoms with Crippen molar-refractivity contribution in [2.24, 2.45) is 0 Å². The van der Waals surface area contributed by atoms with Gasteiger partial charge in [-0.25, -0.2) is 9.97 Å². The average molecular weight is 575 g/mol. The molecule has 0 saturated heterocycles. The van der Waals surface area contributed by atoms with Crippen LogP contribution in [0.2, 0.25) is 5.02 Å². The van der Waals surface area contributed by atoms with E-state index in [4.69, 9.17) is 16.3 Å². The first-order chi connectivity index (χ1) is 19.2. The number of halogens is 1. The van der Waals surface area contributed by atoms with E-state index in [2.05, 4.69) is 15.3 Å². The number of hydrogen-bond donors (Lipinski definition) is 1. The van der Waals surface area contributed by atoms with Crippen molar-refractivity contribution in [3.63, 3.8) is 0 Å². The zero-order valence-corrected chi connectivity index (χ0v) is 24.4. The van der Waals surface area contributed by atoms with Crippen molar-refractivity contribution in [3.8, 4) is 5.75 Å². The second kappa shape index (κ2) is 13.5. The van der Waals surface area contributed by atoms with Crippen LogP contribution in [0.1, 0.15) is 34.1 Å². The van der Waals surface area contributed by atoms with Crippen LogP contribution >= 0.6 is 23.4 Å². The number of thioether (sulfide) groups is 1. The molecule has 0 fully saturated rings. The second-order valence-electron chi connectivity index (χ2n) is 9.40. The molecule has 1 atom stereocenters. The summed E-state index contributed by atoms with van der Waals surface area (Å²) in [7, 11) is 1.59. The van der Waals surface area contributed by atoms with Gasteiger partial charge in [0.05, 0.1) is 12.9 Å². The first-order valence-electron chi connectivity index (χ1n) is 12.7. The smallest absolute Gasteiger partial charge is 0.251 e. The predicted molar refractivity (Wildman–Crippen MR) is 160 cm³/mol. The van der Waals surface area contributed by atoms with Gasteiger partial charge in [0.15, 0.2) is 5.16 Å². The van der Waals surface area contributed by atoms with Gasteiger partial charge in [0.25, 0.3) is 5.91 Å². The van der Waals surface area contributed by atoms with Crippen LogP contribution in [-0.4, -0.2) is 39.5 Å². The van der Waals surface area contributed by atoms with Crippen molar-refractivity contribution in [2.45, 2.75) is 38.5 Å². The van der Waals surface area contributed by atoms with Gasteiger partial charge < -0.3 is 15.0 Å². The molecule has 206 valence electrons. The van der Waals surface area contributed by atoms with Gasteiger partial charge in [-0.3, -0.25) is 9.59 Å². The molecule has 40 heavy (non-hydrogen) atoms. The maximum atomic E-state index is 13.9. The molecule has 1 heterocycles. The standard InChI is InChI=1S/C31H31ClN4O3S/c1-20-5-9-24(10-6-20)29(30(38)35-26-13-15-27(39-4)16-14-26)36(18-23-7-11-25(32)12-8-23)28(37)19-40-31-33-21(2)17-22(3)34-31/h5-17,29H,18-19H2,1-4H3,(H,35,38). The third-order valence-corrected chi connectivity index (χ3v) is 7.27. The quantitative estimate of drug-likeness (QED) is 0.170. The molecular formula is C31H31ClN4O3S. The zero-order valence-electron chi connectivity index (χ0n) is 22.8. The van der Waals surface area contributed by atoms with Crippen molar-refractivity contribution >= 4 is 40.9 Å². The number of rotatable bonds is 10. The highest BCUT2D eigenvalue weighted by Crippen LogP contribution is 2.28. The minimum Gasteiger partial charge on any atom is -0.497 e. The van der Waals surface area contributed by atoms with Gasteiger partial charge in [-0.2, -0.15) is 0 Å². The number of nitrogens with one attached hydrogen (secondary N) is 1. The van der Waals surface area contributed by atoms with Gasteiger partial charge in [-0.15, -0.1) is 0 Å². The number of methoxy groups -OCH3 is 1. The van der Waals surface area contributed by atoms with Gasteiger partial charge in [-0.1, -0.05) is 65.3 Å². The molecule has 3 aromatic carbocycles. The topological polar surface area (TPSA) is 84.4 Å². The van der Waals surface area contributed by atoms with Crippen molar-refractivity contribution < 1.29 is 14.3 Å². The highest BCUT2D eigenvalue weighted by Gasteiger charge is 2.32. The van der Waals surface area contributed by atoms with Gasteiger partial charge in [0, 0.05) is 28.6 Å². The zero-order chi connectivity index (χ0) is 28.6. The Morgan fingerprint density at radius 2 is 1.55 bits per heavy atom. The fourth-order valence-electron chi connectivity index (χ4n) is 4.18. The molecule has 0 aliphatic heterocycles. The van der Waals surface area contributed by atoms with Crippen LogP contribution in [-0.2, 0) is 16.1 Å². The van der Waals surface area contributed by atoms with Gasteiger partial charge in [0.1, 0.15) is 11.8 Å². The molecule has 0 aliphatic carbocycles. The first kappa shape index (κ1) is 29.1. The van der Waals surface area contributed by atoms with Crippen LogP contribution in [0.25, 0.3) is 0 Å². The molecule has 1 aromatic heterocycles. The number of carbonyl (C=O) groups excluding carboxylic acids is 2. The number of ether oxygens (including phenoxy) is 1. The van der Waals surface area contributed by atoms with Crippen LogP contribution < -0.4 is 10.1 Å². The number of nitrogens with zero attached hydrogens (tertiary/aromatic N) is 3. The summed E-state index contributed by atoms with van der Waals surface area (Å²) in [5.41, 5.74) is 4.86. The summed E-state index contributed by atoms with van der Waals surface area (Å²) < 4.78 is 5.24. The van der Waals surface area contributed by atoms with E-state index in [-0.39, 0.29) is 24.1 Å². The molecule has 0 bridgehead atoms. The lowest BCUT2D eigenvalue weighted by molar-refractivity contribution is -0.137. The lowest BCUT2D eigenvalue weighted by Gasteiger charge is -2.31. The van der Waals surface area contributed by atoms with Gasteiger partial charge in [0.2, 0.25) is 5.91 Å². The second-order valence-corrected chi connectivity index (χ2v) is 10.8. The summed E-state index contributed by atoms with van der Waals surface area (Å²) >= 11 is 7.37. The highest BCUT2D eigenvalue weighted by atomic mass is 35.5. The number of aryl methyl sites for hydroxylation is 3. The van der Waals surface area contributed by atoms with Crippen molar-refractivity contribution in [1.29, 1.82) is 0 Å². The molecule has 7 nitrogen and oxygen atoms in total. The maximum absolute atomic E-state index is 13.9. The summed E-state index contributed by atoms with van der Waals surface area (Å²) in [6, 6.07) is 23.0. The highest BCUT2D eigenvalue weighted by molar-refractivity contribution is 7.99. The lowest BCUT2D eigenvalue weighted by atomic mass is 10.0. The van der Waals surface area contributed by atoms with Gasteiger partial charge >= 0.3 is 0 Å². The van der Waals surface area contributed by atoms with Crippen LogP contribution in [0, 0.1) is 20.8 Å². The Bertz CT molecular complexity index is 1440. The van der Waals surface area contributed by atoms with E-state index in [0.717, 1.165) is 22.5 Å². The Labute approximate surface area is 243 Å². The molecule has 0 radical (unpaired) electrons. The Morgan fingerprint density at radius 3 is 2.15 bits per heavy atom. The minimum atomic E-state index is -0.897. The Morgan fingerprint density at radius 1 is 0.925 bits per heavy atom. The Kier molecular flexibility index (Phi) is 9.79. The summed E-state index contributed by atoms with van der Waals surface area (Å²) in [6.45, 7) is 5.97. The summed E-state index contributed by atoms with van der Waals surface area (Å²) in [5.74, 6) is 0.190. The first-order valence-corrected chi connectivity index (χ1v) is 14.1. The monoisotopic (exact) mass is 574 g/mol. The van der Waals surface area contributed by atoms with E-state index in [0.29, 0.717) is 27.2 Å². The van der Waals surface area contributed by atoms with Crippen LogP contribution in [0.3, 0.4) is 0 Å². The fourth-order valence-corrected chi connectivity index (χ4v) is 5.15. The molecule has 2 amide bonds. The number of benzene rings is 3. The minimum absolute atomic E-state index is 0.0641. The summed E-state index contributed by atoms with van der Waals surface area (Å²) in [5, 5.41) is 4.10. The lowest BCUT2D eigenvalue weighted by Crippen LogP contribution is -2.41. The molecule has 0 aliphatic rings. The molecule has 1 unspecified atom stereocenters. The van der Waals surface area contributed by atoms with E-state index in [9.17, 15) is 9.59 Å². The number of hydrogen-bond acceptors (Lipinski definition) is 6. The third kappa shape index (κ3) is 7.83. The van der Waals surface area contributed by atoms with Crippen LogP contribution in [0.15, 0.2) is 84.0 Å². The van der Waals surface area contributed by atoms with Crippen molar-refractivity contribution in [2.75, 3.05) is 18.2 Å². The Hall–Kier alpha value is -3.88. The maximum Gasteiger partial charge on any atom is 0.251 e. The fraction of sp³-hybridized carbons (Fsp3) is 0.226. The van der Waals surface area contributed by atoms with E-state index < -0.39 is 6.04 Å². The predicted octanol–water partition coefficient (Wildman–Crippen LogP) is 6.56. The van der Waals surface area contributed by atoms with Crippen molar-refractivity contribution in [1.82, 2.24) is 14.9 Å². The summed E-state index contributed by atoms with van der Waals surface area (Å²) in [6.07, 6.45) is 0. The normalized spacial score (nSPS) is 11.5. The third-order valence-electron chi connectivity index (χ3n) is 6.18. The Balaban J connectivity index is 1.69. The molecule has 0 saturated carbocycles. The van der Waals surface area contributed by atoms with E-state index in [1.165, 1.54) is 11.8 Å². The molecular weight excluding hydrogens is 544 g/mol. The molecule has 0 spiro atoms. The SMILES string of the molecule is COc1ccc(NC(=O)C(c2ccc(C)cc2)N(Cc2ccc(Cl)cc2)C(=O)CSc2nc(C)cc(C)n2)cc1. The average Bonchev–Trinajstić information content (AvgIpc) is 2.93. The number of carbonyl (C=O) groups is 2. The number of anilines is 1. The summed E-state index contributed by atoms with van der Waals surface area (Å²) in [4.78, 5) is 38.3. The molecule has 4 aromatic rings. The van der Waals surface area contributed by atoms with Crippen molar-refractivity contribution in [3.05, 3.63) is 112 Å². The number of amides is 2. The van der Waals surface area contributed by atoms with Crippen LogP contribution in [0.5, 0.6) is 5.75 Å². The van der Waals surface area contributed by atoms with E-state index in [1.54, 1.807) is 48.4 Å². The van der Waals surface area contributed by atoms with Gasteiger partial charge in [-0.05, 0) is 74.4 Å². The van der Waals surface area contributed by atoms with E-state index in [1.807, 2.05) is 63.2 Å². The molecule has 9 heteroatoms. The molecule has 4 rings (SSSR count). The largest absolute Gasteiger partial charge is 0.497 e. The molecule has 1 N–H and O–H groups in total.